The Kier molecular flexibility index (Phi) is 7.06. The van der Waals surface area contributed by atoms with Crippen LogP contribution in [-0.2, 0) is 14.3 Å². The molecule has 27 heavy (non-hydrogen) atoms. The highest BCUT2D eigenvalue weighted by Crippen LogP contribution is 2.24. The average Bonchev–Trinajstić information content (AvgIpc) is 2.63. The van der Waals surface area contributed by atoms with E-state index < -0.39 is 35.3 Å². The molecule has 0 fully saturated rings. The van der Waals surface area contributed by atoms with Crippen LogP contribution in [0.5, 0.6) is 5.75 Å². The maximum absolute atomic E-state index is 13.6. The third kappa shape index (κ3) is 5.62. The third-order valence-electron chi connectivity index (χ3n) is 3.46. The van der Waals surface area contributed by atoms with Gasteiger partial charge in [0.1, 0.15) is 23.1 Å². The van der Waals surface area contributed by atoms with Gasteiger partial charge in [-0.05, 0) is 43.3 Å². The first-order valence-corrected chi connectivity index (χ1v) is 8.58. The summed E-state index contributed by atoms with van der Waals surface area (Å²) < 4.78 is 38.0. The van der Waals surface area contributed by atoms with Crippen LogP contribution in [0.1, 0.15) is 12.5 Å². The first kappa shape index (κ1) is 20.6. The zero-order chi connectivity index (χ0) is 20.0. The summed E-state index contributed by atoms with van der Waals surface area (Å²) in [7, 11) is 1.49. The van der Waals surface area contributed by atoms with E-state index in [2.05, 4.69) is 21.2 Å². The Balaban J connectivity index is 2.01. The molecule has 0 saturated heterocycles. The van der Waals surface area contributed by atoms with Gasteiger partial charge in [0.2, 0.25) is 0 Å². The topological polar surface area (TPSA) is 64.6 Å². The van der Waals surface area contributed by atoms with Gasteiger partial charge in [-0.1, -0.05) is 22.0 Å². The maximum Gasteiger partial charge on any atom is 0.331 e. The second kappa shape index (κ2) is 9.27. The van der Waals surface area contributed by atoms with Crippen LogP contribution in [0.15, 0.2) is 46.9 Å². The molecule has 5 nitrogen and oxygen atoms in total. The fraction of sp³-hybridized carbons (Fsp3) is 0.158. The molecule has 142 valence electrons. The highest BCUT2D eigenvalue weighted by atomic mass is 79.9. The van der Waals surface area contributed by atoms with Crippen molar-refractivity contribution in [3.05, 3.63) is 64.1 Å². The van der Waals surface area contributed by atoms with Crippen molar-refractivity contribution in [2.24, 2.45) is 0 Å². The van der Waals surface area contributed by atoms with Crippen molar-refractivity contribution in [1.29, 1.82) is 0 Å². The van der Waals surface area contributed by atoms with Gasteiger partial charge in [-0.25, -0.2) is 13.6 Å². The van der Waals surface area contributed by atoms with E-state index in [4.69, 9.17) is 9.47 Å². The summed E-state index contributed by atoms with van der Waals surface area (Å²) in [5, 5.41) is 2.07. The van der Waals surface area contributed by atoms with Gasteiger partial charge in [-0.3, -0.25) is 4.79 Å². The highest BCUT2D eigenvalue weighted by Gasteiger charge is 2.20. The summed E-state index contributed by atoms with van der Waals surface area (Å²) in [6.45, 7) is 1.29. The summed E-state index contributed by atoms with van der Waals surface area (Å²) in [6, 6.07) is 8.41. The number of rotatable bonds is 6. The number of carbonyl (C=O) groups is 2. The molecular weight excluding hydrogens is 424 g/mol. The van der Waals surface area contributed by atoms with E-state index in [1.165, 1.54) is 26.2 Å². The predicted octanol–water partition coefficient (Wildman–Crippen LogP) is 4.32. The molecule has 0 heterocycles. The molecule has 2 rings (SSSR count). The van der Waals surface area contributed by atoms with Crippen molar-refractivity contribution in [3.8, 4) is 5.75 Å². The number of hydrogen-bond acceptors (Lipinski definition) is 4. The molecule has 2 aromatic rings. The minimum Gasteiger partial charge on any atom is -0.496 e. The molecule has 0 aliphatic heterocycles. The van der Waals surface area contributed by atoms with Gasteiger partial charge in [0, 0.05) is 16.1 Å². The maximum atomic E-state index is 13.6. The number of benzene rings is 2. The van der Waals surface area contributed by atoms with Gasteiger partial charge < -0.3 is 14.8 Å². The standard InChI is InChI=1S/C19H16BrF2NO4/c1-11(19(25)23-18-14(21)4-3-5-15(18)22)27-17(24)9-6-12-10-13(20)7-8-16(12)26-2/h3-11H,1-2H3,(H,23,25)/b9-6+. The molecule has 0 bridgehead atoms. The zero-order valence-electron chi connectivity index (χ0n) is 14.5. The van der Waals surface area contributed by atoms with E-state index in [-0.39, 0.29) is 0 Å². The number of nitrogens with one attached hydrogen (secondary N) is 1. The van der Waals surface area contributed by atoms with E-state index in [0.717, 1.165) is 22.7 Å². The molecule has 0 spiro atoms. The number of carbonyl (C=O) groups excluding carboxylic acids is 2. The fourth-order valence-electron chi connectivity index (χ4n) is 2.10. The molecule has 8 heteroatoms. The van der Waals surface area contributed by atoms with Crippen LogP contribution in [0.2, 0.25) is 0 Å². The number of hydrogen-bond donors (Lipinski definition) is 1. The first-order valence-electron chi connectivity index (χ1n) is 7.79. The lowest BCUT2D eigenvalue weighted by Crippen LogP contribution is -2.30. The van der Waals surface area contributed by atoms with Gasteiger partial charge in [0.05, 0.1) is 7.11 Å². The SMILES string of the molecule is COc1ccc(Br)cc1/C=C/C(=O)OC(C)C(=O)Nc1c(F)cccc1F. The number of para-hydroxylation sites is 1. The average molecular weight is 440 g/mol. The van der Waals surface area contributed by atoms with Crippen LogP contribution in [0.4, 0.5) is 14.5 Å². The molecule has 0 radical (unpaired) electrons. The Labute approximate surface area is 163 Å². The molecule has 1 unspecified atom stereocenters. The van der Waals surface area contributed by atoms with Crippen molar-refractivity contribution in [1.82, 2.24) is 0 Å². The molecule has 0 saturated carbocycles. The number of ether oxygens (including phenoxy) is 2. The van der Waals surface area contributed by atoms with Gasteiger partial charge >= 0.3 is 5.97 Å². The Morgan fingerprint density at radius 1 is 1.19 bits per heavy atom. The van der Waals surface area contributed by atoms with Crippen molar-refractivity contribution in [2.75, 3.05) is 12.4 Å². The minimum absolute atomic E-state index is 0.545. The molecular formula is C19H16BrF2NO4. The van der Waals surface area contributed by atoms with E-state index in [1.54, 1.807) is 18.2 Å². The lowest BCUT2D eigenvalue weighted by Gasteiger charge is -2.13. The number of amides is 1. The smallest absolute Gasteiger partial charge is 0.331 e. The molecule has 1 atom stereocenters. The lowest BCUT2D eigenvalue weighted by atomic mass is 10.2. The molecule has 1 N–H and O–H groups in total. The van der Waals surface area contributed by atoms with Crippen molar-refractivity contribution in [3.63, 3.8) is 0 Å². The molecule has 2 aromatic carbocycles. The van der Waals surface area contributed by atoms with Crippen LogP contribution < -0.4 is 10.1 Å². The molecule has 1 amide bonds. The van der Waals surface area contributed by atoms with Crippen molar-refractivity contribution < 1.29 is 27.8 Å². The Morgan fingerprint density at radius 3 is 2.48 bits per heavy atom. The fourth-order valence-corrected chi connectivity index (χ4v) is 2.48. The van der Waals surface area contributed by atoms with Gasteiger partial charge in [0.15, 0.2) is 6.10 Å². The zero-order valence-corrected chi connectivity index (χ0v) is 16.0. The molecule has 0 aliphatic carbocycles. The Bertz CT molecular complexity index is 866. The summed E-state index contributed by atoms with van der Waals surface area (Å²) >= 11 is 3.32. The van der Waals surface area contributed by atoms with Gasteiger partial charge in [-0.15, -0.1) is 0 Å². The van der Waals surface area contributed by atoms with Crippen molar-refractivity contribution >= 4 is 39.6 Å². The lowest BCUT2D eigenvalue weighted by molar-refractivity contribution is -0.148. The van der Waals surface area contributed by atoms with E-state index in [1.807, 2.05) is 0 Å². The largest absolute Gasteiger partial charge is 0.496 e. The first-order chi connectivity index (χ1) is 12.8. The highest BCUT2D eigenvalue weighted by molar-refractivity contribution is 9.10. The number of halogens is 3. The van der Waals surface area contributed by atoms with Crippen LogP contribution in [0, 0.1) is 11.6 Å². The van der Waals surface area contributed by atoms with E-state index >= 15 is 0 Å². The minimum atomic E-state index is -1.26. The summed E-state index contributed by atoms with van der Waals surface area (Å²) in [5.74, 6) is -2.97. The van der Waals surface area contributed by atoms with Crippen LogP contribution in [-0.4, -0.2) is 25.1 Å². The third-order valence-corrected chi connectivity index (χ3v) is 3.96. The number of anilines is 1. The summed E-state index contributed by atoms with van der Waals surface area (Å²) in [4.78, 5) is 23.9. The Hall–Kier alpha value is -2.74. The second-order valence-electron chi connectivity index (χ2n) is 5.38. The monoisotopic (exact) mass is 439 g/mol. The van der Waals surface area contributed by atoms with Crippen molar-refractivity contribution in [2.45, 2.75) is 13.0 Å². The predicted molar refractivity (Wildman–Crippen MR) is 100 cm³/mol. The van der Waals surface area contributed by atoms with Crippen LogP contribution in [0.25, 0.3) is 6.08 Å². The van der Waals surface area contributed by atoms with Gasteiger partial charge in [-0.2, -0.15) is 0 Å². The van der Waals surface area contributed by atoms with E-state index in [0.29, 0.717) is 11.3 Å². The van der Waals surface area contributed by atoms with Gasteiger partial charge in [0.25, 0.3) is 5.91 Å². The molecule has 0 aromatic heterocycles. The summed E-state index contributed by atoms with van der Waals surface area (Å²) in [6.07, 6.45) is 1.33. The van der Waals surface area contributed by atoms with Crippen LogP contribution >= 0.6 is 15.9 Å². The van der Waals surface area contributed by atoms with E-state index in [9.17, 15) is 18.4 Å². The second-order valence-corrected chi connectivity index (χ2v) is 6.30. The quantitative estimate of drug-likeness (QED) is 0.537. The Morgan fingerprint density at radius 2 is 1.85 bits per heavy atom. The number of esters is 1. The molecule has 0 aliphatic rings. The van der Waals surface area contributed by atoms with Crippen LogP contribution in [0.3, 0.4) is 0 Å². The summed E-state index contributed by atoms with van der Waals surface area (Å²) in [5.41, 5.74) is 0.0224. The number of methoxy groups -OCH3 is 1. The normalized spacial score (nSPS) is 11.9.